The van der Waals surface area contributed by atoms with E-state index >= 15 is 0 Å². The zero-order valence-electron chi connectivity index (χ0n) is 12.4. The molecule has 4 nitrogen and oxygen atoms in total. The summed E-state index contributed by atoms with van der Waals surface area (Å²) in [6.07, 6.45) is 3.74. The molecular formula is C14H28N2O2S. The van der Waals surface area contributed by atoms with Crippen LogP contribution in [0.2, 0.25) is 0 Å². The molecule has 0 saturated carbocycles. The van der Waals surface area contributed by atoms with E-state index in [0.29, 0.717) is 37.3 Å². The lowest BCUT2D eigenvalue weighted by atomic mass is 9.77. The van der Waals surface area contributed by atoms with E-state index in [9.17, 15) is 4.79 Å². The van der Waals surface area contributed by atoms with Crippen molar-refractivity contribution in [3.8, 4) is 0 Å². The summed E-state index contributed by atoms with van der Waals surface area (Å²) in [5.41, 5.74) is 5.20. The zero-order valence-corrected chi connectivity index (χ0v) is 13.3. The van der Waals surface area contributed by atoms with Gasteiger partial charge in [0.1, 0.15) is 0 Å². The number of aliphatic hydroxyl groups excluding tert-OH is 1. The second-order valence-corrected chi connectivity index (χ2v) is 5.35. The van der Waals surface area contributed by atoms with Gasteiger partial charge < -0.3 is 15.7 Å². The van der Waals surface area contributed by atoms with Crippen molar-refractivity contribution in [2.45, 2.75) is 52.9 Å². The van der Waals surface area contributed by atoms with Gasteiger partial charge in [0.15, 0.2) is 0 Å². The SMILES string of the molecule is CCCC(CCC)(C(=O)N(CC)CCCO)C(N)=S. The molecule has 3 N–H and O–H groups in total. The van der Waals surface area contributed by atoms with Gasteiger partial charge >= 0.3 is 0 Å². The molecule has 1 amide bonds. The lowest BCUT2D eigenvalue weighted by Crippen LogP contribution is -2.51. The molecule has 0 aromatic carbocycles. The fourth-order valence-corrected chi connectivity index (χ4v) is 2.80. The smallest absolute Gasteiger partial charge is 0.235 e. The molecule has 0 aliphatic rings. The minimum atomic E-state index is -0.704. The van der Waals surface area contributed by atoms with Crippen LogP contribution in [0, 0.1) is 5.41 Å². The maximum atomic E-state index is 12.8. The number of thiocarbonyl (C=S) groups is 1. The molecule has 19 heavy (non-hydrogen) atoms. The third kappa shape index (κ3) is 4.73. The van der Waals surface area contributed by atoms with E-state index in [1.807, 2.05) is 20.8 Å². The first kappa shape index (κ1) is 18.3. The third-order valence-electron chi connectivity index (χ3n) is 3.49. The monoisotopic (exact) mass is 288 g/mol. The Bertz CT molecular complexity index is 289. The third-order valence-corrected chi connectivity index (χ3v) is 3.88. The van der Waals surface area contributed by atoms with Crippen molar-refractivity contribution in [3.05, 3.63) is 0 Å². The highest BCUT2D eigenvalue weighted by Crippen LogP contribution is 2.33. The Hall–Kier alpha value is -0.680. The van der Waals surface area contributed by atoms with E-state index in [-0.39, 0.29) is 12.5 Å². The van der Waals surface area contributed by atoms with Crippen LogP contribution in [0.1, 0.15) is 52.9 Å². The Morgan fingerprint density at radius 3 is 2.11 bits per heavy atom. The van der Waals surface area contributed by atoms with Gasteiger partial charge in [0.2, 0.25) is 5.91 Å². The summed E-state index contributed by atoms with van der Waals surface area (Å²) >= 11 is 5.20. The van der Waals surface area contributed by atoms with Crippen LogP contribution >= 0.6 is 12.2 Å². The Morgan fingerprint density at radius 1 is 1.26 bits per heavy atom. The van der Waals surface area contributed by atoms with E-state index < -0.39 is 5.41 Å². The largest absolute Gasteiger partial charge is 0.396 e. The molecule has 0 rings (SSSR count). The molecular weight excluding hydrogens is 260 g/mol. The normalized spacial score (nSPS) is 11.4. The number of nitrogens with zero attached hydrogens (tertiary/aromatic N) is 1. The number of nitrogens with two attached hydrogens (primary N) is 1. The van der Waals surface area contributed by atoms with E-state index in [2.05, 4.69) is 0 Å². The van der Waals surface area contributed by atoms with E-state index in [0.717, 1.165) is 12.8 Å². The molecule has 0 aliphatic heterocycles. The molecule has 0 aliphatic carbocycles. The molecule has 0 unspecified atom stereocenters. The summed E-state index contributed by atoms with van der Waals surface area (Å²) in [6.45, 7) is 7.29. The molecule has 5 heteroatoms. The Kier molecular flexibility index (Phi) is 8.93. The maximum Gasteiger partial charge on any atom is 0.235 e. The van der Waals surface area contributed by atoms with Gasteiger partial charge in [0, 0.05) is 19.7 Å². The lowest BCUT2D eigenvalue weighted by Gasteiger charge is -2.36. The van der Waals surface area contributed by atoms with Crippen LogP contribution in [-0.4, -0.2) is 40.6 Å². The molecule has 0 bridgehead atoms. The summed E-state index contributed by atoms with van der Waals surface area (Å²) < 4.78 is 0. The first-order valence-corrected chi connectivity index (χ1v) is 7.61. The molecule has 0 atom stereocenters. The second kappa shape index (κ2) is 9.26. The molecule has 112 valence electrons. The number of carbonyl (C=O) groups is 1. The first-order valence-electron chi connectivity index (χ1n) is 7.20. The summed E-state index contributed by atoms with van der Waals surface area (Å²) in [4.78, 5) is 14.9. The van der Waals surface area contributed by atoms with Gasteiger partial charge in [-0.25, -0.2) is 0 Å². The van der Waals surface area contributed by atoms with Crippen molar-refractivity contribution in [2.75, 3.05) is 19.7 Å². The number of amides is 1. The predicted octanol–water partition coefficient (Wildman–Crippen LogP) is 2.09. The van der Waals surface area contributed by atoms with Crippen molar-refractivity contribution in [1.82, 2.24) is 4.90 Å². The number of carbonyl (C=O) groups excluding carboxylic acids is 1. The van der Waals surface area contributed by atoms with Gasteiger partial charge in [-0.2, -0.15) is 0 Å². The van der Waals surface area contributed by atoms with Crippen molar-refractivity contribution >= 4 is 23.1 Å². The van der Waals surface area contributed by atoms with E-state index in [4.69, 9.17) is 23.1 Å². The van der Waals surface area contributed by atoms with Gasteiger partial charge in [0.25, 0.3) is 0 Å². The summed E-state index contributed by atoms with van der Waals surface area (Å²) in [5.74, 6) is 0.0275. The number of rotatable bonds is 10. The number of hydrogen-bond donors (Lipinski definition) is 2. The topological polar surface area (TPSA) is 66.6 Å². The van der Waals surface area contributed by atoms with Crippen LogP contribution in [0.25, 0.3) is 0 Å². The quantitative estimate of drug-likeness (QED) is 0.604. The summed E-state index contributed by atoms with van der Waals surface area (Å²) in [6, 6.07) is 0. The summed E-state index contributed by atoms with van der Waals surface area (Å²) in [7, 11) is 0. The van der Waals surface area contributed by atoms with Gasteiger partial charge in [-0.05, 0) is 26.2 Å². The van der Waals surface area contributed by atoms with Crippen LogP contribution in [0.4, 0.5) is 0 Å². The summed E-state index contributed by atoms with van der Waals surface area (Å²) in [5, 5.41) is 8.92. The average Bonchev–Trinajstić information content (AvgIpc) is 2.38. The molecule has 0 aromatic heterocycles. The van der Waals surface area contributed by atoms with Gasteiger partial charge in [-0.15, -0.1) is 0 Å². The van der Waals surface area contributed by atoms with E-state index in [1.165, 1.54) is 0 Å². The fraction of sp³-hybridized carbons (Fsp3) is 0.857. The maximum absolute atomic E-state index is 12.8. The van der Waals surface area contributed by atoms with Gasteiger partial charge in [-0.1, -0.05) is 38.9 Å². The fourth-order valence-electron chi connectivity index (χ4n) is 2.51. The van der Waals surface area contributed by atoms with Crippen LogP contribution in [0.3, 0.4) is 0 Å². The number of aliphatic hydroxyl groups is 1. The van der Waals surface area contributed by atoms with Crippen LogP contribution in [0.15, 0.2) is 0 Å². The van der Waals surface area contributed by atoms with Crippen LogP contribution in [0.5, 0.6) is 0 Å². The minimum absolute atomic E-state index is 0.0275. The van der Waals surface area contributed by atoms with Crippen molar-refractivity contribution < 1.29 is 9.90 Å². The predicted molar refractivity (Wildman–Crippen MR) is 83.0 cm³/mol. The lowest BCUT2D eigenvalue weighted by molar-refractivity contribution is -0.139. The average molecular weight is 288 g/mol. The highest BCUT2D eigenvalue weighted by Gasteiger charge is 2.41. The van der Waals surface area contributed by atoms with E-state index in [1.54, 1.807) is 4.90 Å². The molecule has 0 radical (unpaired) electrons. The standard InChI is InChI=1S/C14H28N2O2S/c1-4-8-14(9-5-2,12(15)19)13(18)16(6-3)10-7-11-17/h17H,4-11H2,1-3H3,(H2,15,19). The molecule has 0 aromatic rings. The van der Waals surface area contributed by atoms with Crippen molar-refractivity contribution in [1.29, 1.82) is 0 Å². The molecule has 0 heterocycles. The minimum Gasteiger partial charge on any atom is -0.396 e. The molecule has 0 spiro atoms. The zero-order chi connectivity index (χ0) is 14.9. The van der Waals surface area contributed by atoms with Gasteiger partial charge in [0.05, 0.1) is 10.4 Å². The van der Waals surface area contributed by atoms with Crippen LogP contribution in [-0.2, 0) is 4.79 Å². The Balaban J connectivity index is 5.20. The Labute approximate surface area is 122 Å². The number of hydrogen-bond acceptors (Lipinski definition) is 3. The first-order chi connectivity index (χ1) is 8.99. The van der Waals surface area contributed by atoms with Gasteiger partial charge in [-0.3, -0.25) is 4.79 Å². The second-order valence-electron chi connectivity index (χ2n) is 4.91. The van der Waals surface area contributed by atoms with Crippen molar-refractivity contribution in [2.24, 2.45) is 11.1 Å². The highest BCUT2D eigenvalue weighted by atomic mass is 32.1. The molecule has 0 saturated heterocycles. The Morgan fingerprint density at radius 2 is 1.79 bits per heavy atom. The van der Waals surface area contributed by atoms with Crippen molar-refractivity contribution in [3.63, 3.8) is 0 Å². The van der Waals surface area contributed by atoms with Crippen LogP contribution < -0.4 is 5.73 Å². The highest BCUT2D eigenvalue weighted by molar-refractivity contribution is 7.80. The molecule has 0 fully saturated rings.